The van der Waals surface area contributed by atoms with Crippen molar-refractivity contribution in [2.75, 3.05) is 6.54 Å². The second-order valence-corrected chi connectivity index (χ2v) is 6.83. The molecule has 0 bridgehead atoms. The minimum absolute atomic E-state index is 0. The van der Waals surface area contributed by atoms with Crippen molar-refractivity contribution in [3.05, 3.63) is 35.7 Å². The molecule has 4 nitrogen and oxygen atoms in total. The fraction of sp³-hybridized carbons (Fsp3) is 0.619. The highest BCUT2D eigenvalue weighted by Crippen LogP contribution is 2.18. The highest BCUT2D eigenvalue weighted by atomic mass is 35.5. The molecule has 0 aliphatic carbocycles. The topological polar surface area (TPSA) is 64.9 Å². The SMILES string of the molecule is CCCCCCCCCCc1ccc(-c2noc(CCCN)n2)cc1.Cl. The van der Waals surface area contributed by atoms with Crippen LogP contribution in [0.4, 0.5) is 0 Å². The van der Waals surface area contributed by atoms with Crippen molar-refractivity contribution >= 4 is 12.4 Å². The standard InChI is InChI=1S/C21H33N3O.ClH/c1-2-3-4-5-6-7-8-9-11-18-13-15-19(16-14-18)21-23-20(25-24-21)12-10-17-22;/h13-16H,2-12,17,22H2,1H3;1H. The molecule has 0 atom stereocenters. The van der Waals surface area contributed by atoms with Crippen LogP contribution in [0.25, 0.3) is 11.4 Å². The van der Waals surface area contributed by atoms with E-state index >= 15 is 0 Å². The number of rotatable bonds is 13. The van der Waals surface area contributed by atoms with E-state index in [1.54, 1.807) is 0 Å². The maximum absolute atomic E-state index is 5.51. The molecule has 0 unspecified atom stereocenters. The van der Waals surface area contributed by atoms with E-state index in [4.69, 9.17) is 10.3 Å². The summed E-state index contributed by atoms with van der Waals surface area (Å²) in [7, 11) is 0. The van der Waals surface area contributed by atoms with Crippen molar-refractivity contribution in [2.45, 2.75) is 77.6 Å². The molecule has 0 radical (unpaired) electrons. The van der Waals surface area contributed by atoms with Crippen molar-refractivity contribution in [3.8, 4) is 11.4 Å². The van der Waals surface area contributed by atoms with E-state index in [2.05, 4.69) is 41.3 Å². The van der Waals surface area contributed by atoms with E-state index in [0.717, 1.165) is 24.8 Å². The predicted molar refractivity (Wildman–Crippen MR) is 111 cm³/mol. The van der Waals surface area contributed by atoms with Crippen molar-refractivity contribution in [3.63, 3.8) is 0 Å². The number of aryl methyl sites for hydroxylation is 2. The number of halogens is 1. The van der Waals surface area contributed by atoms with Crippen molar-refractivity contribution in [1.29, 1.82) is 0 Å². The summed E-state index contributed by atoms with van der Waals surface area (Å²) in [5, 5.41) is 4.06. The van der Waals surface area contributed by atoms with Gasteiger partial charge in [-0.25, -0.2) is 0 Å². The zero-order chi connectivity index (χ0) is 17.7. The fourth-order valence-electron chi connectivity index (χ4n) is 3.01. The summed E-state index contributed by atoms with van der Waals surface area (Å²) in [5.74, 6) is 1.34. The van der Waals surface area contributed by atoms with Gasteiger partial charge in [0.25, 0.3) is 0 Å². The van der Waals surface area contributed by atoms with Crippen molar-refractivity contribution in [1.82, 2.24) is 10.1 Å². The molecule has 0 amide bonds. The molecule has 0 saturated carbocycles. The van der Waals surface area contributed by atoms with Gasteiger partial charge in [0.2, 0.25) is 11.7 Å². The molecule has 2 N–H and O–H groups in total. The average Bonchev–Trinajstić information content (AvgIpc) is 3.11. The van der Waals surface area contributed by atoms with Crippen LogP contribution in [-0.2, 0) is 12.8 Å². The van der Waals surface area contributed by atoms with Crippen LogP contribution in [0, 0.1) is 0 Å². The van der Waals surface area contributed by atoms with Crippen LogP contribution < -0.4 is 5.73 Å². The summed E-state index contributed by atoms with van der Waals surface area (Å²) >= 11 is 0. The quantitative estimate of drug-likeness (QED) is 0.451. The number of benzene rings is 1. The normalized spacial score (nSPS) is 10.7. The first kappa shape index (κ1) is 22.7. The minimum Gasteiger partial charge on any atom is -0.339 e. The Bertz CT molecular complexity index is 583. The summed E-state index contributed by atoms with van der Waals surface area (Å²) in [4.78, 5) is 4.43. The molecule has 1 aromatic heterocycles. The monoisotopic (exact) mass is 379 g/mol. The lowest BCUT2D eigenvalue weighted by molar-refractivity contribution is 0.376. The van der Waals surface area contributed by atoms with Crippen molar-refractivity contribution < 1.29 is 4.52 Å². The largest absolute Gasteiger partial charge is 0.339 e. The first-order chi connectivity index (χ1) is 12.3. The number of aromatic nitrogens is 2. The van der Waals surface area contributed by atoms with Crippen LogP contribution in [-0.4, -0.2) is 16.7 Å². The van der Waals surface area contributed by atoms with Gasteiger partial charge in [0.1, 0.15) is 0 Å². The Balaban J connectivity index is 0.00000338. The molecule has 0 saturated heterocycles. The number of nitrogens with two attached hydrogens (primary N) is 1. The lowest BCUT2D eigenvalue weighted by Crippen LogP contribution is -2.00. The van der Waals surface area contributed by atoms with Gasteiger partial charge in [0.05, 0.1) is 0 Å². The Morgan fingerprint density at radius 1 is 0.846 bits per heavy atom. The Kier molecular flexibility index (Phi) is 12.0. The number of unbranched alkanes of at least 4 members (excludes halogenated alkanes) is 7. The van der Waals surface area contributed by atoms with Gasteiger partial charge in [0, 0.05) is 12.0 Å². The summed E-state index contributed by atoms with van der Waals surface area (Å²) in [6, 6.07) is 8.56. The Hall–Kier alpha value is -1.39. The van der Waals surface area contributed by atoms with Gasteiger partial charge in [-0.2, -0.15) is 4.98 Å². The van der Waals surface area contributed by atoms with Gasteiger partial charge in [-0.3, -0.25) is 0 Å². The van der Waals surface area contributed by atoms with Crippen LogP contribution in [0.2, 0.25) is 0 Å². The van der Waals surface area contributed by atoms with E-state index in [9.17, 15) is 0 Å². The molecule has 2 rings (SSSR count). The fourth-order valence-corrected chi connectivity index (χ4v) is 3.01. The molecule has 0 spiro atoms. The minimum atomic E-state index is 0. The smallest absolute Gasteiger partial charge is 0.227 e. The van der Waals surface area contributed by atoms with Crippen LogP contribution in [0.3, 0.4) is 0 Å². The van der Waals surface area contributed by atoms with Crippen LogP contribution in [0.15, 0.2) is 28.8 Å². The van der Waals surface area contributed by atoms with Gasteiger partial charge in [-0.1, -0.05) is 81.3 Å². The van der Waals surface area contributed by atoms with Gasteiger partial charge in [0.15, 0.2) is 0 Å². The molecule has 1 aromatic carbocycles. The van der Waals surface area contributed by atoms with E-state index in [1.165, 1.54) is 56.9 Å². The molecule has 5 heteroatoms. The highest BCUT2D eigenvalue weighted by Gasteiger charge is 2.08. The molecule has 0 aliphatic heterocycles. The lowest BCUT2D eigenvalue weighted by Gasteiger charge is -2.03. The van der Waals surface area contributed by atoms with Gasteiger partial charge < -0.3 is 10.3 Å². The molecule has 1 heterocycles. The summed E-state index contributed by atoms with van der Waals surface area (Å²) in [5.41, 5.74) is 7.91. The summed E-state index contributed by atoms with van der Waals surface area (Å²) in [6.45, 7) is 2.91. The molecule has 2 aromatic rings. The van der Waals surface area contributed by atoms with E-state index in [1.807, 2.05) is 0 Å². The lowest BCUT2D eigenvalue weighted by atomic mass is 10.0. The summed E-state index contributed by atoms with van der Waals surface area (Å²) in [6.07, 6.45) is 13.7. The molecular formula is C21H34ClN3O. The van der Waals surface area contributed by atoms with E-state index in [-0.39, 0.29) is 12.4 Å². The Morgan fingerprint density at radius 3 is 2.15 bits per heavy atom. The van der Waals surface area contributed by atoms with Gasteiger partial charge in [-0.05, 0) is 31.4 Å². The first-order valence-corrected chi connectivity index (χ1v) is 9.95. The zero-order valence-corrected chi connectivity index (χ0v) is 16.9. The number of hydrogen-bond donors (Lipinski definition) is 1. The second kappa shape index (κ2) is 13.8. The van der Waals surface area contributed by atoms with E-state index < -0.39 is 0 Å². The van der Waals surface area contributed by atoms with Gasteiger partial charge in [-0.15, -0.1) is 12.4 Å². The van der Waals surface area contributed by atoms with Crippen LogP contribution >= 0.6 is 12.4 Å². The third-order valence-corrected chi connectivity index (χ3v) is 4.59. The molecule has 146 valence electrons. The average molecular weight is 380 g/mol. The zero-order valence-electron chi connectivity index (χ0n) is 16.1. The van der Waals surface area contributed by atoms with Crippen LogP contribution in [0.1, 0.15) is 76.2 Å². The van der Waals surface area contributed by atoms with Gasteiger partial charge >= 0.3 is 0 Å². The van der Waals surface area contributed by atoms with E-state index in [0.29, 0.717) is 18.3 Å². The van der Waals surface area contributed by atoms with Crippen LogP contribution in [0.5, 0.6) is 0 Å². The number of nitrogens with zero attached hydrogens (tertiary/aromatic N) is 2. The highest BCUT2D eigenvalue weighted by molar-refractivity contribution is 5.85. The Labute approximate surface area is 164 Å². The van der Waals surface area contributed by atoms with Crippen molar-refractivity contribution in [2.24, 2.45) is 5.73 Å². The maximum Gasteiger partial charge on any atom is 0.227 e. The molecule has 0 fully saturated rings. The summed E-state index contributed by atoms with van der Waals surface area (Å²) < 4.78 is 5.26. The molecular weight excluding hydrogens is 346 g/mol. The first-order valence-electron chi connectivity index (χ1n) is 9.95. The number of hydrogen-bond acceptors (Lipinski definition) is 4. The third kappa shape index (κ3) is 8.33. The molecule has 26 heavy (non-hydrogen) atoms. The third-order valence-electron chi connectivity index (χ3n) is 4.59. The Morgan fingerprint density at radius 2 is 1.50 bits per heavy atom. The predicted octanol–water partition coefficient (Wildman–Crippen LogP) is 5.73. The second-order valence-electron chi connectivity index (χ2n) is 6.83. The molecule has 0 aliphatic rings. The maximum atomic E-state index is 5.51.